The molecule has 9 heteroatoms. The SMILES string of the molecule is COc1cc(/C=N/NC(=O)c2cc(-c3ccc(F)cc3)n[nH]2)cc(OC)c1OC. The molecule has 29 heavy (non-hydrogen) atoms. The minimum Gasteiger partial charge on any atom is -0.493 e. The van der Waals surface area contributed by atoms with Crippen LogP contribution >= 0.6 is 0 Å². The van der Waals surface area contributed by atoms with Crippen molar-refractivity contribution in [1.82, 2.24) is 15.6 Å². The van der Waals surface area contributed by atoms with Crippen molar-refractivity contribution < 1.29 is 23.4 Å². The van der Waals surface area contributed by atoms with Gasteiger partial charge in [-0.3, -0.25) is 9.89 Å². The minimum absolute atomic E-state index is 0.214. The summed E-state index contributed by atoms with van der Waals surface area (Å²) in [5, 5.41) is 10.6. The Hall–Kier alpha value is -3.88. The van der Waals surface area contributed by atoms with E-state index in [1.165, 1.54) is 39.7 Å². The van der Waals surface area contributed by atoms with E-state index in [9.17, 15) is 9.18 Å². The monoisotopic (exact) mass is 398 g/mol. The number of aromatic amines is 1. The second-order valence-corrected chi connectivity index (χ2v) is 5.83. The van der Waals surface area contributed by atoms with E-state index in [2.05, 4.69) is 20.7 Å². The Labute approximate surface area is 166 Å². The summed E-state index contributed by atoms with van der Waals surface area (Å²) in [6, 6.07) is 10.7. The third-order valence-corrected chi connectivity index (χ3v) is 4.03. The van der Waals surface area contributed by atoms with E-state index in [1.54, 1.807) is 30.3 Å². The van der Waals surface area contributed by atoms with Gasteiger partial charge in [0.05, 0.1) is 33.2 Å². The molecular formula is C20H19FN4O4. The summed E-state index contributed by atoms with van der Waals surface area (Å²) in [5.74, 6) is 0.578. The molecule has 0 atom stereocenters. The second-order valence-electron chi connectivity index (χ2n) is 5.83. The van der Waals surface area contributed by atoms with Crippen LogP contribution in [0.4, 0.5) is 4.39 Å². The largest absolute Gasteiger partial charge is 0.493 e. The highest BCUT2D eigenvalue weighted by Crippen LogP contribution is 2.37. The Bertz CT molecular complexity index is 1010. The van der Waals surface area contributed by atoms with Crippen molar-refractivity contribution in [2.24, 2.45) is 5.10 Å². The fourth-order valence-corrected chi connectivity index (χ4v) is 2.61. The number of carbonyl (C=O) groups is 1. The third kappa shape index (κ3) is 4.52. The summed E-state index contributed by atoms with van der Waals surface area (Å²) in [4.78, 5) is 12.3. The lowest BCUT2D eigenvalue weighted by Crippen LogP contribution is -2.18. The van der Waals surface area contributed by atoms with Crippen LogP contribution in [-0.2, 0) is 0 Å². The van der Waals surface area contributed by atoms with E-state index in [4.69, 9.17) is 14.2 Å². The van der Waals surface area contributed by atoms with Gasteiger partial charge in [-0.15, -0.1) is 0 Å². The van der Waals surface area contributed by atoms with Crippen LogP contribution in [0.2, 0.25) is 0 Å². The molecule has 8 nitrogen and oxygen atoms in total. The predicted molar refractivity (Wildman–Crippen MR) is 105 cm³/mol. The van der Waals surface area contributed by atoms with E-state index in [0.29, 0.717) is 34.1 Å². The van der Waals surface area contributed by atoms with Gasteiger partial charge in [-0.1, -0.05) is 0 Å². The van der Waals surface area contributed by atoms with Crippen molar-refractivity contribution in [1.29, 1.82) is 0 Å². The van der Waals surface area contributed by atoms with Crippen molar-refractivity contribution in [3.05, 3.63) is 59.5 Å². The lowest BCUT2D eigenvalue weighted by atomic mass is 10.1. The number of benzene rings is 2. The van der Waals surface area contributed by atoms with Crippen LogP contribution in [-0.4, -0.2) is 43.6 Å². The zero-order valence-corrected chi connectivity index (χ0v) is 16.0. The molecule has 0 spiro atoms. The predicted octanol–water partition coefficient (Wildman–Crippen LogP) is 3.01. The van der Waals surface area contributed by atoms with Crippen LogP contribution in [0, 0.1) is 5.82 Å². The number of H-pyrrole nitrogens is 1. The van der Waals surface area contributed by atoms with Crippen molar-refractivity contribution in [2.45, 2.75) is 0 Å². The number of hydrogen-bond donors (Lipinski definition) is 2. The standard InChI is InChI=1S/C20H19FN4O4/c1-27-17-8-12(9-18(28-2)19(17)29-3)11-22-25-20(26)16-10-15(23-24-16)13-4-6-14(21)7-5-13/h4-11H,1-3H3,(H,23,24)(H,25,26)/b22-11+. The average Bonchev–Trinajstić information content (AvgIpc) is 3.23. The maximum Gasteiger partial charge on any atom is 0.289 e. The van der Waals surface area contributed by atoms with Crippen LogP contribution in [0.3, 0.4) is 0 Å². The number of rotatable bonds is 7. The Morgan fingerprint density at radius 1 is 1.07 bits per heavy atom. The van der Waals surface area contributed by atoms with Gasteiger partial charge in [-0.25, -0.2) is 9.82 Å². The number of amides is 1. The van der Waals surface area contributed by atoms with Gasteiger partial charge in [0, 0.05) is 11.1 Å². The lowest BCUT2D eigenvalue weighted by molar-refractivity contribution is 0.0950. The number of aromatic nitrogens is 2. The molecule has 1 heterocycles. The first kappa shape index (κ1) is 19.9. The molecule has 0 aliphatic rings. The van der Waals surface area contributed by atoms with Crippen LogP contribution < -0.4 is 19.6 Å². The van der Waals surface area contributed by atoms with Crippen LogP contribution in [0.1, 0.15) is 16.1 Å². The smallest absolute Gasteiger partial charge is 0.289 e. The molecule has 1 aromatic heterocycles. The maximum atomic E-state index is 13.0. The quantitative estimate of drug-likeness (QED) is 0.471. The number of nitrogens with one attached hydrogen (secondary N) is 2. The van der Waals surface area contributed by atoms with Gasteiger partial charge in [0.1, 0.15) is 11.5 Å². The lowest BCUT2D eigenvalue weighted by Gasteiger charge is -2.12. The Morgan fingerprint density at radius 2 is 1.72 bits per heavy atom. The molecule has 0 unspecified atom stereocenters. The molecule has 150 valence electrons. The van der Waals surface area contributed by atoms with E-state index < -0.39 is 5.91 Å². The molecule has 0 fully saturated rings. The summed E-state index contributed by atoms with van der Waals surface area (Å²) in [6.07, 6.45) is 1.44. The van der Waals surface area contributed by atoms with E-state index in [0.717, 1.165) is 0 Å². The minimum atomic E-state index is -0.477. The molecule has 3 rings (SSSR count). The maximum absolute atomic E-state index is 13.0. The van der Waals surface area contributed by atoms with Gasteiger partial charge in [-0.2, -0.15) is 10.2 Å². The van der Waals surface area contributed by atoms with Crippen LogP contribution in [0.5, 0.6) is 17.2 Å². The second kappa shape index (κ2) is 8.87. The summed E-state index contributed by atoms with van der Waals surface area (Å²) in [5.41, 5.74) is 4.46. The Morgan fingerprint density at radius 3 is 2.31 bits per heavy atom. The number of hydrazone groups is 1. The summed E-state index contributed by atoms with van der Waals surface area (Å²) in [7, 11) is 4.53. The average molecular weight is 398 g/mol. The zero-order valence-electron chi connectivity index (χ0n) is 16.0. The van der Waals surface area contributed by atoms with Gasteiger partial charge < -0.3 is 14.2 Å². The van der Waals surface area contributed by atoms with E-state index in [-0.39, 0.29) is 11.5 Å². The summed E-state index contributed by atoms with van der Waals surface area (Å²) < 4.78 is 28.8. The molecule has 0 bridgehead atoms. The van der Waals surface area contributed by atoms with E-state index >= 15 is 0 Å². The summed E-state index contributed by atoms with van der Waals surface area (Å²) >= 11 is 0. The highest BCUT2D eigenvalue weighted by atomic mass is 19.1. The normalized spacial score (nSPS) is 10.8. The first-order valence-corrected chi connectivity index (χ1v) is 8.50. The first-order valence-electron chi connectivity index (χ1n) is 8.50. The molecule has 0 aliphatic carbocycles. The Balaban J connectivity index is 1.71. The summed E-state index contributed by atoms with van der Waals surface area (Å²) in [6.45, 7) is 0. The highest BCUT2D eigenvalue weighted by molar-refractivity contribution is 5.94. The Kier molecular flexibility index (Phi) is 6.08. The van der Waals surface area contributed by atoms with Gasteiger partial charge >= 0.3 is 0 Å². The van der Waals surface area contributed by atoms with Crippen LogP contribution in [0.15, 0.2) is 47.6 Å². The van der Waals surface area contributed by atoms with Crippen LogP contribution in [0.25, 0.3) is 11.3 Å². The molecule has 0 radical (unpaired) electrons. The van der Waals surface area contributed by atoms with Crippen molar-refractivity contribution in [3.8, 4) is 28.5 Å². The fourth-order valence-electron chi connectivity index (χ4n) is 2.61. The molecule has 2 aromatic carbocycles. The molecule has 0 aliphatic heterocycles. The van der Waals surface area contributed by atoms with Gasteiger partial charge in [0.15, 0.2) is 11.5 Å². The van der Waals surface area contributed by atoms with E-state index in [1.807, 2.05) is 0 Å². The van der Waals surface area contributed by atoms with Gasteiger partial charge in [-0.05, 0) is 42.5 Å². The molecule has 2 N–H and O–H groups in total. The fraction of sp³-hybridized carbons (Fsp3) is 0.150. The molecule has 0 saturated carbocycles. The first-order chi connectivity index (χ1) is 14.0. The number of nitrogens with zero attached hydrogens (tertiary/aromatic N) is 2. The number of hydrogen-bond acceptors (Lipinski definition) is 6. The third-order valence-electron chi connectivity index (χ3n) is 4.03. The molecule has 1 amide bonds. The van der Waals surface area contributed by atoms with Crippen molar-refractivity contribution in [3.63, 3.8) is 0 Å². The van der Waals surface area contributed by atoms with Gasteiger partial charge in [0.2, 0.25) is 5.75 Å². The zero-order chi connectivity index (χ0) is 20.8. The number of methoxy groups -OCH3 is 3. The van der Waals surface area contributed by atoms with Gasteiger partial charge in [0.25, 0.3) is 5.91 Å². The molecule has 3 aromatic rings. The number of ether oxygens (including phenoxy) is 3. The number of carbonyl (C=O) groups excluding carboxylic acids is 1. The highest BCUT2D eigenvalue weighted by Gasteiger charge is 2.13. The number of halogens is 1. The van der Waals surface area contributed by atoms with Crippen molar-refractivity contribution >= 4 is 12.1 Å². The molecule has 0 saturated heterocycles. The molecular weight excluding hydrogens is 379 g/mol. The van der Waals surface area contributed by atoms with Crippen molar-refractivity contribution in [2.75, 3.05) is 21.3 Å². The topological polar surface area (TPSA) is 97.8 Å².